The molecule has 2 aromatic heterocycles. The summed E-state index contributed by atoms with van der Waals surface area (Å²) >= 11 is 1.77. The zero-order valence-electron chi connectivity index (χ0n) is 12.9. The fraction of sp³-hybridized carbons (Fsp3) is 0.688. The van der Waals surface area contributed by atoms with Gasteiger partial charge in [0.25, 0.3) is 0 Å². The molecule has 3 atom stereocenters. The largest absolute Gasteiger partial charge is 0.308 e. The van der Waals surface area contributed by atoms with Gasteiger partial charge in [-0.05, 0) is 44.9 Å². The number of hydrogen-bond acceptors (Lipinski definition) is 3. The molecular weight excluding hydrogens is 266 g/mol. The summed E-state index contributed by atoms with van der Waals surface area (Å²) < 4.78 is 2.26. The average molecular weight is 291 g/mol. The predicted octanol–water partition coefficient (Wildman–Crippen LogP) is 3.93. The van der Waals surface area contributed by atoms with Crippen LogP contribution in [-0.4, -0.2) is 15.4 Å². The van der Waals surface area contributed by atoms with Crippen molar-refractivity contribution in [3.05, 3.63) is 22.5 Å². The number of imidazole rings is 1. The maximum Gasteiger partial charge on any atom is 0.194 e. The number of thiazole rings is 1. The monoisotopic (exact) mass is 291 g/mol. The second-order valence-electron chi connectivity index (χ2n) is 6.52. The molecule has 1 fully saturated rings. The molecule has 3 nitrogen and oxygen atoms in total. The first-order valence-electron chi connectivity index (χ1n) is 7.72. The van der Waals surface area contributed by atoms with Crippen molar-refractivity contribution in [3.63, 3.8) is 0 Å². The van der Waals surface area contributed by atoms with Crippen LogP contribution in [0.4, 0.5) is 0 Å². The van der Waals surface area contributed by atoms with Crippen LogP contribution in [0.3, 0.4) is 0 Å². The average Bonchev–Trinajstić information content (AvgIpc) is 2.84. The van der Waals surface area contributed by atoms with Gasteiger partial charge in [0.1, 0.15) is 0 Å². The molecule has 20 heavy (non-hydrogen) atoms. The Hall–Kier alpha value is -0.870. The van der Waals surface area contributed by atoms with Crippen LogP contribution in [0.1, 0.15) is 49.4 Å². The number of hydrogen-bond donors (Lipinski definition) is 1. The van der Waals surface area contributed by atoms with Crippen molar-refractivity contribution in [2.75, 3.05) is 0 Å². The van der Waals surface area contributed by atoms with E-state index in [0.29, 0.717) is 6.04 Å². The molecule has 110 valence electrons. The Morgan fingerprint density at radius 3 is 2.90 bits per heavy atom. The predicted molar refractivity (Wildman–Crippen MR) is 85.3 cm³/mol. The smallest absolute Gasteiger partial charge is 0.194 e. The van der Waals surface area contributed by atoms with Gasteiger partial charge in [0.05, 0.1) is 11.4 Å². The lowest BCUT2D eigenvalue weighted by molar-refractivity contribution is 0.226. The van der Waals surface area contributed by atoms with Crippen molar-refractivity contribution in [1.29, 1.82) is 0 Å². The van der Waals surface area contributed by atoms with E-state index in [0.717, 1.165) is 23.3 Å². The molecule has 3 rings (SSSR count). The summed E-state index contributed by atoms with van der Waals surface area (Å²) in [6, 6.07) is 0.663. The molecule has 1 aliphatic carbocycles. The van der Waals surface area contributed by atoms with Crippen LogP contribution < -0.4 is 5.32 Å². The van der Waals surface area contributed by atoms with Crippen LogP contribution in [0.2, 0.25) is 0 Å². The molecule has 2 aromatic rings. The van der Waals surface area contributed by atoms with Crippen LogP contribution in [0.15, 0.2) is 6.20 Å². The Bertz CT molecular complexity index is 598. The molecule has 1 saturated carbocycles. The Morgan fingerprint density at radius 1 is 1.35 bits per heavy atom. The number of fused-ring (bicyclic) bond motifs is 1. The molecule has 3 unspecified atom stereocenters. The van der Waals surface area contributed by atoms with Gasteiger partial charge in [-0.25, -0.2) is 4.98 Å². The summed E-state index contributed by atoms with van der Waals surface area (Å²) in [4.78, 5) is 7.12. The first-order chi connectivity index (χ1) is 9.54. The SMILES string of the molecule is Cc1cn2c(CNC3CCC(C)CC3C)c(C)nc2s1. The maximum absolute atomic E-state index is 4.67. The molecule has 2 heterocycles. The van der Waals surface area contributed by atoms with Crippen LogP contribution in [-0.2, 0) is 6.54 Å². The van der Waals surface area contributed by atoms with E-state index in [4.69, 9.17) is 0 Å². The summed E-state index contributed by atoms with van der Waals surface area (Å²) in [5, 5.41) is 3.78. The number of nitrogens with zero attached hydrogens (tertiary/aromatic N) is 2. The van der Waals surface area contributed by atoms with Gasteiger partial charge in [-0.1, -0.05) is 13.8 Å². The minimum Gasteiger partial charge on any atom is -0.308 e. The standard InChI is InChI=1S/C16H25N3S/c1-10-5-6-14(11(2)7-10)17-8-15-13(4)18-16-19(15)9-12(3)20-16/h9-11,14,17H,5-8H2,1-4H3. The minimum atomic E-state index is 0.663. The van der Waals surface area contributed by atoms with Gasteiger partial charge >= 0.3 is 0 Å². The van der Waals surface area contributed by atoms with Crippen LogP contribution in [0, 0.1) is 25.7 Å². The normalized spacial score (nSPS) is 27.3. The van der Waals surface area contributed by atoms with Gasteiger partial charge < -0.3 is 5.32 Å². The van der Waals surface area contributed by atoms with E-state index in [2.05, 4.69) is 48.6 Å². The molecule has 0 amide bonds. The third-order valence-corrected chi connectivity index (χ3v) is 5.60. The number of rotatable bonds is 3. The highest BCUT2D eigenvalue weighted by atomic mass is 32.1. The Labute approximate surface area is 125 Å². The fourth-order valence-corrected chi connectivity index (χ4v) is 4.41. The summed E-state index contributed by atoms with van der Waals surface area (Å²) in [6.45, 7) is 9.98. The van der Waals surface area contributed by atoms with Gasteiger partial charge in [0.2, 0.25) is 0 Å². The zero-order valence-corrected chi connectivity index (χ0v) is 13.8. The summed E-state index contributed by atoms with van der Waals surface area (Å²) in [6.07, 6.45) is 6.24. The molecule has 0 aromatic carbocycles. The Balaban J connectivity index is 1.72. The van der Waals surface area contributed by atoms with E-state index in [1.165, 1.54) is 35.5 Å². The Kier molecular flexibility index (Phi) is 3.87. The highest BCUT2D eigenvalue weighted by Crippen LogP contribution is 2.29. The first-order valence-corrected chi connectivity index (χ1v) is 8.53. The van der Waals surface area contributed by atoms with Gasteiger partial charge in [-0.3, -0.25) is 4.40 Å². The molecular formula is C16H25N3S. The first kappa shape index (κ1) is 14.1. The second-order valence-corrected chi connectivity index (χ2v) is 7.73. The molecule has 1 aliphatic rings. The summed E-state index contributed by atoms with van der Waals surface area (Å²) in [7, 11) is 0. The molecule has 0 aliphatic heterocycles. The summed E-state index contributed by atoms with van der Waals surface area (Å²) in [5.41, 5.74) is 2.50. The van der Waals surface area contributed by atoms with Crippen molar-refractivity contribution in [3.8, 4) is 0 Å². The highest BCUT2D eigenvalue weighted by Gasteiger charge is 2.25. The third kappa shape index (κ3) is 2.63. The van der Waals surface area contributed by atoms with Crippen LogP contribution in [0.5, 0.6) is 0 Å². The number of aryl methyl sites for hydroxylation is 2. The third-order valence-electron chi connectivity index (χ3n) is 4.70. The number of nitrogens with one attached hydrogen (secondary N) is 1. The van der Waals surface area contributed by atoms with E-state index < -0.39 is 0 Å². The molecule has 0 bridgehead atoms. The highest BCUT2D eigenvalue weighted by molar-refractivity contribution is 7.17. The topological polar surface area (TPSA) is 29.3 Å². The van der Waals surface area contributed by atoms with Gasteiger partial charge in [0.15, 0.2) is 4.96 Å². The second kappa shape index (κ2) is 5.49. The molecule has 0 saturated heterocycles. The van der Waals surface area contributed by atoms with Crippen molar-refractivity contribution in [1.82, 2.24) is 14.7 Å². The molecule has 1 N–H and O–H groups in total. The maximum atomic E-state index is 4.67. The van der Waals surface area contributed by atoms with Crippen molar-refractivity contribution >= 4 is 16.3 Å². The fourth-order valence-electron chi connectivity index (χ4n) is 3.52. The van der Waals surface area contributed by atoms with Gasteiger partial charge in [0, 0.05) is 23.7 Å². The number of aromatic nitrogens is 2. The Morgan fingerprint density at radius 2 is 2.15 bits per heavy atom. The minimum absolute atomic E-state index is 0.663. The van der Waals surface area contributed by atoms with Crippen LogP contribution in [0.25, 0.3) is 4.96 Å². The molecule has 0 spiro atoms. The molecule has 0 radical (unpaired) electrons. The van der Waals surface area contributed by atoms with Crippen molar-refractivity contribution in [2.45, 2.75) is 59.5 Å². The van der Waals surface area contributed by atoms with E-state index in [-0.39, 0.29) is 0 Å². The van der Waals surface area contributed by atoms with Gasteiger partial charge in [-0.2, -0.15) is 0 Å². The van der Waals surface area contributed by atoms with E-state index >= 15 is 0 Å². The summed E-state index contributed by atoms with van der Waals surface area (Å²) in [5.74, 6) is 1.68. The molecule has 4 heteroatoms. The van der Waals surface area contributed by atoms with E-state index in [9.17, 15) is 0 Å². The van der Waals surface area contributed by atoms with Gasteiger partial charge in [-0.15, -0.1) is 11.3 Å². The van der Waals surface area contributed by atoms with E-state index in [1.807, 2.05) is 0 Å². The van der Waals surface area contributed by atoms with E-state index in [1.54, 1.807) is 11.3 Å². The van der Waals surface area contributed by atoms with Crippen LogP contribution >= 0.6 is 11.3 Å². The lowest BCUT2D eigenvalue weighted by Crippen LogP contribution is -2.38. The van der Waals surface area contributed by atoms with Crippen molar-refractivity contribution < 1.29 is 0 Å². The lowest BCUT2D eigenvalue weighted by atomic mass is 9.80. The zero-order chi connectivity index (χ0) is 14.3. The van der Waals surface area contributed by atoms with Crippen molar-refractivity contribution in [2.24, 2.45) is 11.8 Å². The quantitative estimate of drug-likeness (QED) is 0.928. The lowest BCUT2D eigenvalue weighted by Gasteiger charge is -2.33.